The molecule has 5 heteroatoms. The number of hydrazone groups is 1. The molecule has 2 rings (SSSR count). The Labute approximate surface area is 122 Å². The van der Waals surface area contributed by atoms with E-state index < -0.39 is 0 Å². The zero-order valence-electron chi connectivity index (χ0n) is 10.9. The van der Waals surface area contributed by atoms with Crippen molar-refractivity contribution in [3.63, 3.8) is 0 Å². The Morgan fingerprint density at radius 2 is 2.10 bits per heavy atom. The van der Waals surface area contributed by atoms with Crippen molar-refractivity contribution in [3.05, 3.63) is 66.0 Å². The van der Waals surface area contributed by atoms with Gasteiger partial charge in [-0.3, -0.25) is 9.78 Å². The number of aromatic nitrogens is 1. The molecule has 0 unspecified atom stereocenters. The summed E-state index contributed by atoms with van der Waals surface area (Å²) in [4.78, 5) is 15.5. The van der Waals surface area contributed by atoms with Gasteiger partial charge in [0.1, 0.15) is 0 Å². The number of amides is 1. The van der Waals surface area contributed by atoms with Crippen molar-refractivity contribution in [2.45, 2.75) is 5.75 Å². The van der Waals surface area contributed by atoms with Gasteiger partial charge in [-0.05, 0) is 11.6 Å². The van der Waals surface area contributed by atoms with E-state index in [1.54, 1.807) is 30.4 Å². The second-order valence-corrected chi connectivity index (χ2v) is 5.04. The molecule has 1 aromatic carbocycles. The van der Waals surface area contributed by atoms with Gasteiger partial charge in [0.05, 0.1) is 12.0 Å². The maximum Gasteiger partial charge on any atom is 0.250 e. The van der Waals surface area contributed by atoms with Crippen molar-refractivity contribution in [2.75, 3.05) is 5.75 Å². The van der Waals surface area contributed by atoms with Crippen molar-refractivity contribution in [2.24, 2.45) is 5.10 Å². The lowest BCUT2D eigenvalue weighted by atomic mass is 10.2. The zero-order chi connectivity index (χ0) is 14.0. The van der Waals surface area contributed by atoms with Crippen LogP contribution in [0.25, 0.3) is 0 Å². The molecule has 0 aliphatic carbocycles. The Morgan fingerprint density at radius 1 is 1.25 bits per heavy atom. The molecule has 2 aromatic rings. The predicted octanol–water partition coefficient (Wildman–Crippen LogP) is 2.47. The van der Waals surface area contributed by atoms with Crippen molar-refractivity contribution < 1.29 is 4.79 Å². The molecule has 20 heavy (non-hydrogen) atoms. The highest BCUT2D eigenvalue weighted by Gasteiger charge is 2.00. The van der Waals surface area contributed by atoms with E-state index in [0.717, 1.165) is 11.3 Å². The fourth-order valence-electron chi connectivity index (χ4n) is 1.50. The molecular formula is C15H15N3OS. The molecule has 0 aliphatic heterocycles. The molecule has 1 heterocycles. The number of carbonyl (C=O) groups is 1. The number of nitrogens with zero attached hydrogens (tertiary/aromatic N) is 2. The number of pyridine rings is 1. The second kappa shape index (κ2) is 8.12. The molecule has 0 saturated carbocycles. The number of hydrogen-bond donors (Lipinski definition) is 1. The van der Waals surface area contributed by atoms with Crippen LogP contribution in [0.15, 0.2) is 60.0 Å². The van der Waals surface area contributed by atoms with E-state index in [-0.39, 0.29) is 5.91 Å². The topological polar surface area (TPSA) is 54.4 Å². The van der Waals surface area contributed by atoms with E-state index in [4.69, 9.17) is 0 Å². The van der Waals surface area contributed by atoms with E-state index in [1.807, 2.05) is 42.5 Å². The van der Waals surface area contributed by atoms with Crippen molar-refractivity contribution in [3.8, 4) is 0 Å². The van der Waals surface area contributed by atoms with Crippen LogP contribution in [0.3, 0.4) is 0 Å². The minimum atomic E-state index is -0.105. The van der Waals surface area contributed by atoms with Crippen LogP contribution < -0.4 is 5.43 Å². The molecule has 0 aliphatic rings. The molecule has 0 atom stereocenters. The van der Waals surface area contributed by atoms with Crippen molar-refractivity contribution in [1.82, 2.24) is 10.4 Å². The maximum atomic E-state index is 11.6. The number of hydrogen-bond acceptors (Lipinski definition) is 4. The fraction of sp³-hybridized carbons (Fsp3) is 0.133. The molecule has 1 aromatic heterocycles. The monoisotopic (exact) mass is 285 g/mol. The van der Waals surface area contributed by atoms with Gasteiger partial charge in [0, 0.05) is 23.7 Å². The van der Waals surface area contributed by atoms with Gasteiger partial charge in [0.25, 0.3) is 0 Å². The Balaban J connectivity index is 1.67. The molecule has 1 amide bonds. The number of nitrogens with one attached hydrogen (secondary N) is 1. The first kappa shape index (κ1) is 14.3. The lowest BCUT2D eigenvalue weighted by Crippen LogP contribution is -2.19. The molecular weight excluding hydrogens is 270 g/mol. The van der Waals surface area contributed by atoms with Crippen LogP contribution in [0, 0.1) is 0 Å². The standard InChI is InChI=1S/C15H15N3OS/c19-15(12-20-11-13-5-2-1-3-6-13)18-17-10-14-7-4-8-16-9-14/h1-10H,11-12H2,(H,18,19). The van der Waals surface area contributed by atoms with E-state index in [1.165, 1.54) is 5.56 Å². The molecule has 0 fully saturated rings. The third kappa shape index (κ3) is 5.24. The molecule has 4 nitrogen and oxygen atoms in total. The lowest BCUT2D eigenvalue weighted by Gasteiger charge is -2.01. The van der Waals surface area contributed by atoms with Crippen LogP contribution in [0.5, 0.6) is 0 Å². The van der Waals surface area contributed by atoms with Crippen LogP contribution in [0.4, 0.5) is 0 Å². The Hall–Kier alpha value is -2.14. The highest BCUT2D eigenvalue weighted by atomic mass is 32.2. The molecule has 0 spiro atoms. The minimum Gasteiger partial charge on any atom is -0.272 e. The third-order valence-corrected chi connectivity index (χ3v) is 3.44. The Bertz CT molecular complexity index is 558. The summed E-state index contributed by atoms with van der Waals surface area (Å²) in [6.07, 6.45) is 4.95. The van der Waals surface area contributed by atoms with Gasteiger partial charge in [-0.15, -0.1) is 11.8 Å². The lowest BCUT2D eigenvalue weighted by molar-refractivity contribution is -0.118. The van der Waals surface area contributed by atoms with Gasteiger partial charge in [-0.1, -0.05) is 36.4 Å². The van der Waals surface area contributed by atoms with E-state index in [2.05, 4.69) is 15.5 Å². The van der Waals surface area contributed by atoms with Crippen LogP contribution in [-0.4, -0.2) is 22.9 Å². The van der Waals surface area contributed by atoms with Gasteiger partial charge >= 0.3 is 0 Å². The van der Waals surface area contributed by atoms with Crippen LogP contribution in [0.1, 0.15) is 11.1 Å². The first-order valence-electron chi connectivity index (χ1n) is 6.18. The fourth-order valence-corrected chi connectivity index (χ4v) is 2.28. The van der Waals surface area contributed by atoms with Crippen LogP contribution in [-0.2, 0) is 10.5 Å². The number of thioether (sulfide) groups is 1. The molecule has 0 saturated heterocycles. The number of carbonyl (C=O) groups excluding carboxylic acids is 1. The smallest absolute Gasteiger partial charge is 0.250 e. The van der Waals surface area contributed by atoms with Gasteiger partial charge in [-0.25, -0.2) is 5.43 Å². The number of benzene rings is 1. The quantitative estimate of drug-likeness (QED) is 0.655. The first-order chi connectivity index (χ1) is 9.84. The largest absolute Gasteiger partial charge is 0.272 e. The first-order valence-corrected chi connectivity index (χ1v) is 7.33. The van der Waals surface area contributed by atoms with E-state index in [9.17, 15) is 4.79 Å². The van der Waals surface area contributed by atoms with Gasteiger partial charge in [-0.2, -0.15) is 5.10 Å². The third-order valence-electron chi connectivity index (χ3n) is 2.43. The van der Waals surface area contributed by atoms with Crippen molar-refractivity contribution in [1.29, 1.82) is 0 Å². The van der Waals surface area contributed by atoms with Crippen LogP contribution >= 0.6 is 11.8 Å². The molecule has 0 radical (unpaired) electrons. The SMILES string of the molecule is O=C(CSCc1ccccc1)NN=Cc1cccnc1. The summed E-state index contributed by atoms with van der Waals surface area (Å²) in [5.41, 5.74) is 4.56. The zero-order valence-corrected chi connectivity index (χ0v) is 11.7. The summed E-state index contributed by atoms with van der Waals surface area (Å²) < 4.78 is 0. The highest BCUT2D eigenvalue weighted by Crippen LogP contribution is 2.10. The predicted molar refractivity (Wildman–Crippen MR) is 82.6 cm³/mol. The summed E-state index contributed by atoms with van der Waals surface area (Å²) >= 11 is 1.56. The second-order valence-electron chi connectivity index (χ2n) is 4.06. The minimum absolute atomic E-state index is 0.105. The highest BCUT2D eigenvalue weighted by molar-refractivity contribution is 7.99. The van der Waals surface area contributed by atoms with Crippen molar-refractivity contribution >= 4 is 23.9 Å². The van der Waals surface area contributed by atoms with Gasteiger partial charge < -0.3 is 0 Å². The summed E-state index contributed by atoms with van der Waals surface area (Å²) in [5.74, 6) is 1.10. The van der Waals surface area contributed by atoms with Gasteiger partial charge in [0.2, 0.25) is 5.91 Å². The van der Waals surface area contributed by atoms with Gasteiger partial charge in [0.15, 0.2) is 0 Å². The summed E-state index contributed by atoms with van der Waals surface area (Å²) in [6, 6.07) is 13.7. The average molecular weight is 285 g/mol. The molecule has 102 valence electrons. The Kier molecular flexibility index (Phi) is 5.79. The van der Waals surface area contributed by atoms with Crippen LogP contribution in [0.2, 0.25) is 0 Å². The van der Waals surface area contributed by atoms with E-state index in [0.29, 0.717) is 5.75 Å². The summed E-state index contributed by atoms with van der Waals surface area (Å²) in [6.45, 7) is 0. The summed E-state index contributed by atoms with van der Waals surface area (Å²) in [5, 5.41) is 3.89. The average Bonchev–Trinajstić information content (AvgIpc) is 2.49. The van der Waals surface area contributed by atoms with E-state index >= 15 is 0 Å². The molecule has 0 bridgehead atoms. The normalized spacial score (nSPS) is 10.6. The Morgan fingerprint density at radius 3 is 2.85 bits per heavy atom. The maximum absolute atomic E-state index is 11.6. The number of rotatable bonds is 6. The summed E-state index contributed by atoms with van der Waals surface area (Å²) in [7, 11) is 0. The molecule has 1 N–H and O–H groups in total.